The summed E-state index contributed by atoms with van der Waals surface area (Å²) in [6.45, 7) is 0. The van der Waals surface area contributed by atoms with E-state index >= 15 is 0 Å². The highest BCUT2D eigenvalue weighted by atomic mass is 16.4. The van der Waals surface area contributed by atoms with Crippen LogP contribution in [0, 0.1) is 0 Å². The van der Waals surface area contributed by atoms with Gasteiger partial charge in [0, 0.05) is 0 Å². The summed E-state index contributed by atoms with van der Waals surface area (Å²) in [6, 6.07) is 15.4. The van der Waals surface area contributed by atoms with Gasteiger partial charge in [0.1, 0.15) is 24.4 Å². The molecule has 0 aliphatic heterocycles. The molecule has 0 heterocycles. The molecule has 0 bridgehead atoms. The lowest BCUT2D eigenvalue weighted by atomic mass is 9.80. The fourth-order valence-corrected chi connectivity index (χ4v) is 3.44. The first-order chi connectivity index (χ1) is 10.6. The van der Waals surface area contributed by atoms with Gasteiger partial charge in [0.05, 0.1) is 0 Å². The molecule has 4 atom stereocenters. The lowest BCUT2D eigenvalue weighted by Gasteiger charge is -2.35. The van der Waals surface area contributed by atoms with E-state index in [2.05, 4.69) is 0 Å². The Labute approximate surface area is 126 Å². The van der Waals surface area contributed by atoms with E-state index in [-0.39, 0.29) is 0 Å². The van der Waals surface area contributed by atoms with Crippen LogP contribution in [0.4, 0.5) is 0 Å². The molecule has 112 valence electrons. The van der Waals surface area contributed by atoms with Crippen molar-refractivity contribution in [1.29, 1.82) is 0 Å². The Bertz CT molecular complexity index is 873. The van der Waals surface area contributed by atoms with E-state index in [0.717, 1.165) is 21.5 Å². The molecule has 1 aliphatic carbocycles. The zero-order valence-corrected chi connectivity index (χ0v) is 11.7. The molecule has 0 saturated heterocycles. The minimum absolute atomic E-state index is 0.466. The molecule has 0 aromatic heterocycles. The highest BCUT2D eigenvalue weighted by Gasteiger charge is 2.40. The van der Waals surface area contributed by atoms with Gasteiger partial charge in [0.2, 0.25) is 0 Å². The first kappa shape index (κ1) is 13.7. The fourth-order valence-electron chi connectivity index (χ4n) is 3.44. The molecule has 3 aromatic carbocycles. The van der Waals surface area contributed by atoms with Crippen molar-refractivity contribution in [2.24, 2.45) is 0 Å². The third-order valence-electron chi connectivity index (χ3n) is 4.61. The summed E-state index contributed by atoms with van der Waals surface area (Å²) in [4.78, 5) is 0. The maximum absolute atomic E-state index is 10.4. The molecule has 1 unspecified atom stereocenters. The van der Waals surface area contributed by atoms with Crippen LogP contribution in [-0.4, -0.2) is 32.6 Å². The molecule has 0 amide bonds. The van der Waals surface area contributed by atoms with E-state index in [1.807, 2.05) is 42.5 Å². The van der Waals surface area contributed by atoms with Gasteiger partial charge in [0.25, 0.3) is 0 Å². The SMILES string of the molecule is OC1c2ccc3c(ccc4ccccc43)c2[C@H](O)[C@@H](O)[C@H]1O. The summed E-state index contributed by atoms with van der Waals surface area (Å²) < 4.78 is 0. The second kappa shape index (κ2) is 4.76. The van der Waals surface area contributed by atoms with Gasteiger partial charge in [0.15, 0.2) is 0 Å². The van der Waals surface area contributed by atoms with Crippen LogP contribution < -0.4 is 0 Å². The predicted molar refractivity (Wildman–Crippen MR) is 83.4 cm³/mol. The maximum Gasteiger partial charge on any atom is 0.113 e. The number of benzene rings is 3. The molecule has 4 nitrogen and oxygen atoms in total. The van der Waals surface area contributed by atoms with Gasteiger partial charge in [-0.2, -0.15) is 0 Å². The van der Waals surface area contributed by atoms with Crippen LogP contribution >= 0.6 is 0 Å². The van der Waals surface area contributed by atoms with Crippen LogP contribution in [0.15, 0.2) is 48.5 Å². The van der Waals surface area contributed by atoms with Crippen LogP contribution in [0.3, 0.4) is 0 Å². The molecule has 0 spiro atoms. The highest BCUT2D eigenvalue weighted by molar-refractivity contribution is 6.08. The first-order valence-electron chi connectivity index (χ1n) is 7.26. The van der Waals surface area contributed by atoms with Crippen molar-refractivity contribution in [3.63, 3.8) is 0 Å². The van der Waals surface area contributed by atoms with Crippen LogP contribution in [0.5, 0.6) is 0 Å². The second-order valence-corrected chi connectivity index (χ2v) is 5.82. The molecule has 1 aliphatic rings. The number of aliphatic hydroxyl groups excluding tert-OH is 4. The average Bonchev–Trinajstić information content (AvgIpc) is 2.56. The third-order valence-corrected chi connectivity index (χ3v) is 4.61. The van der Waals surface area contributed by atoms with Gasteiger partial charge >= 0.3 is 0 Å². The lowest BCUT2D eigenvalue weighted by Crippen LogP contribution is -2.41. The average molecular weight is 296 g/mol. The van der Waals surface area contributed by atoms with Crippen molar-refractivity contribution < 1.29 is 20.4 Å². The Morgan fingerprint density at radius 1 is 0.591 bits per heavy atom. The van der Waals surface area contributed by atoms with Crippen molar-refractivity contribution in [2.45, 2.75) is 24.4 Å². The minimum Gasteiger partial charge on any atom is -0.387 e. The zero-order valence-electron chi connectivity index (χ0n) is 11.7. The van der Waals surface area contributed by atoms with Gasteiger partial charge in [-0.15, -0.1) is 0 Å². The number of fused-ring (bicyclic) bond motifs is 5. The molecular formula is C18H16O4. The Morgan fingerprint density at radius 3 is 2.09 bits per heavy atom. The quantitative estimate of drug-likeness (QED) is 0.477. The second-order valence-electron chi connectivity index (χ2n) is 5.82. The van der Waals surface area contributed by atoms with Crippen molar-refractivity contribution in [3.8, 4) is 0 Å². The molecule has 4 heteroatoms. The van der Waals surface area contributed by atoms with E-state index in [4.69, 9.17) is 0 Å². The number of hydrogen-bond acceptors (Lipinski definition) is 4. The van der Waals surface area contributed by atoms with E-state index in [0.29, 0.717) is 11.1 Å². The standard InChI is InChI=1S/C18H16O4/c19-15-13-8-7-11-10-4-2-1-3-9(10)5-6-12(11)14(13)16(20)18(22)17(15)21/h1-8,15-22H/t15?,16-,17-,18+/m0/s1. The maximum atomic E-state index is 10.4. The largest absolute Gasteiger partial charge is 0.387 e. The van der Waals surface area contributed by atoms with Crippen LogP contribution in [-0.2, 0) is 0 Å². The van der Waals surface area contributed by atoms with Crippen LogP contribution in [0.25, 0.3) is 21.5 Å². The predicted octanol–water partition coefficient (Wildman–Crippen LogP) is 1.80. The lowest BCUT2D eigenvalue weighted by molar-refractivity contribution is -0.119. The smallest absolute Gasteiger partial charge is 0.113 e. The van der Waals surface area contributed by atoms with Gasteiger partial charge < -0.3 is 20.4 Å². The highest BCUT2D eigenvalue weighted by Crippen LogP contribution is 2.42. The van der Waals surface area contributed by atoms with Crippen molar-refractivity contribution in [1.82, 2.24) is 0 Å². The summed E-state index contributed by atoms with van der Waals surface area (Å²) >= 11 is 0. The molecule has 0 radical (unpaired) electrons. The molecular weight excluding hydrogens is 280 g/mol. The number of hydrogen-bond donors (Lipinski definition) is 4. The van der Waals surface area contributed by atoms with Crippen molar-refractivity contribution in [3.05, 3.63) is 59.7 Å². The topological polar surface area (TPSA) is 80.9 Å². The summed E-state index contributed by atoms with van der Waals surface area (Å²) in [5.74, 6) is 0. The summed E-state index contributed by atoms with van der Waals surface area (Å²) in [7, 11) is 0. The zero-order chi connectivity index (χ0) is 15.4. The Hall–Kier alpha value is -1.98. The molecule has 0 saturated carbocycles. The normalized spacial score (nSPS) is 28.0. The van der Waals surface area contributed by atoms with Crippen LogP contribution in [0.2, 0.25) is 0 Å². The number of rotatable bonds is 0. The van der Waals surface area contributed by atoms with Gasteiger partial charge in [-0.05, 0) is 32.7 Å². The monoisotopic (exact) mass is 296 g/mol. The van der Waals surface area contributed by atoms with Crippen LogP contribution in [0.1, 0.15) is 23.3 Å². The van der Waals surface area contributed by atoms with Gasteiger partial charge in [-0.25, -0.2) is 0 Å². The Balaban J connectivity index is 2.10. The molecule has 4 rings (SSSR count). The van der Waals surface area contributed by atoms with E-state index < -0.39 is 24.4 Å². The van der Waals surface area contributed by atoms with Gasteiger partial charge in [-0.1, -0.05) is 48.5 Å². The van der Waals surface area contributed by atoms with Crippen molar-refractivity contribution in [2.75, 3.05) is 0 Å². The van der Waals surface area contributed by atoms with E-state index in [9.17, 15) is 20.4 Å². The van der Waals surface area contributed by atoms with Gasteiger partial charge in [-0.3, -0.25) is 0 Å². The van der Waals surface area contributed by atoms with E-state index in [1.165, 1.54) is 0 Å². The molecule has 22 heavy (non-hydrogen) atoms. The third kappa shape index (κ3) is 1.72. The summed E-state index contributed by atoms with van der Waals surface area (Å²) in [6.07, 6.45) is -5.22. The Morgan fingerprint density at radius 2 is 1.27 bits per heavy atom. The van der Waals surface area contributed by atoms with E-state index in [1.54, 1.807) is 6.07 Å². The molecule has 4 N–H and O–H groups in total. The molecule has 3 aromatic rings. The Kier molecular flexibility index (Phi) is 2.96. The first-order valence-corrected chi connectivity index (χ1v) is 7.26. The molecule has 0 fully saturated rings. The fraction of sp³-hybridized carbons (Fsp3) is 0.222. The number of aliphatic hydroxyl groups is 4. The summed E-state index contributed by atoms with van der Waals surface area (Å²) in [5.41, 5.74) is 0.960. The summed E-state index contributed by atoms with van der Waals surface area (Å²) in [5, 5.41) is 44.2. The van der Waals surface area contributed by atoms with Crippen molar-refractivity contribution >= 4 is 21.5 Å². The minimum atomic E-state index is -1.40.